The third-order valence-electron chi connectivity index (χ3n) is 1.71. The van der Waals surface area contributed by atoms with Gasteiger partial charge in [-0.2, -0.15) is 13.2 Å². The van der Waals surface area contributed by atoms with E-state index in [0.29, 0.717) is 32.7 Å². The summed E-state index contributed by atoms with van der Waals surface area (Å²) in [5.41, 5.74) is 10.7. The van der Waals surface area contributed by atoms with Crippen LogP contribution >= 0.6 is 0 Å². The van der Waals surface area contributed by atoms with E-state index in [1.165, 1.54) is 0 Å². The van der Waals surface area contributed by atoms with E-state index in [1.54, 1.807) is 0 Å². The summed E-state index contributed by atoms with van der Waals surface area (Å²) >= 11 is 0. The molecule has 0 radical (unpaired) electrons. The molecule has 0 rings (SSSR count). The lowest BCUT2D eigenvalue weighted by Gasteiger charge is -2.20. The van der Waals surface area contributed by atoms with Crippen LogP contribution in [0.5, 0.6) is 0 Å². The van der Waals surface area contributed by atoms with Gasteiger partial charge in [-0.25, -0.2) is 0 Å². The number of ether oxygens (including phenoxy) is 1. The summed E-state index contributed by atoms with van der Waals surface area (Å²) in [6.45, 7) is 1.41. The van der Waals surface area contributed by atoms with E-state index in [0.717, 1.165) is 0 Å². The van der Waals surface area contributed by atoms with Crippen LogP contribution in [0.1, 0.15) is 0 Å². The van der Waals surface area contributed by atoms with Gasteiger partial charge in [0.2, 0.25) is 0 Å². The van der Waals surface area contributed by atoms with E-state index >= 15 is 0 Å². The largest absolute Gasteiger partial charge is 0.411 e. The minimum Gasteiger partial charge on any atom is -0.371 e. The predicted octanol–water partition coefficient (Wildman–Crippen LogP) is -0.215. The first-order valence-electron chi connectivity index (χ1n) is 4.76. The Morgan fingerprint density at radius 2 is 1.53 bits per heavy atom. The van der Waals surface area contributed by atoms with Gasteiger partial charge >= 0.3 is 6.18 Å². The molecule has 4 N–H and O–H groups in total. The van der Waals surface area contributed by atoms with Crippen molar-refractivity contribution in [1.82, 2.24) is 4.90 Å². The maximum absolute atomic E-state index is 11.7. The van der Waals surface area contributed by atoms with Gasteiger partial charge in [-0.05, 0) is 0 Å². The van der Waals surface area contributed by atoms with Crippen molar-refractivity contribution in [3.63, 3.8) is 0 Å². The Bertz CT molecular complexity index is 149. The number of alkyl halides is 3. The molecule has 0 spiro atoms. The molecule has 0 aliphatic heterocycles. The van der Waals surface area contributed by atoms with Crippen molar-refractivity contribution >= 4 is 0 Å². The van der Waals surface area contributed by atoms with Crippen molar-refractivity contribution < 1.29 is 17.9 Å². The summed E-state index contributed by atoms with van der Waals surface area (Å²) in [5, 5.41) is 0. The van der Waals surface area contributed by atoms with Gasteiger partial charge in [0.1, 0.15) is 6.61 Å². The molecule has 7 heteroatoms. The molecule has 0 unspecified atom stereocenters. The smallest absolute Gasteiger partial charge is 0.371 e. The van der Waals surface area contributed by atoms with Crippen molar-refractivity contribution in [1.29, 1.82) is 0 Å². The Labute approximate surface area is 87.3 Å². The molecule has 0 aromatic rings. The molecule has 15 heavy (non-hydrogen) atoms. The Morgan fingerprint density at radius 1 is 1.00 bits per heavy atom. The summed E-state index contributed by atoms with van der Waals surface area (Å²) in [4.78, 5) is 1.87. The van der Waals surface area contributed by atoms with Gasteiger partial charge < -0.3 is 16.2 Å². The van der Waals surface area contributed by atoms with Gasteiger partial charge in [0.05, 0.1) is 6.61 Å². The van der Waals surface area contributed by atoms with Gasteiger partial charge in [0.15, 0.2) is 0 Å². The van der Waals surface area contributed by atoms with E-state index in [-0.39, 0.29) is 6.61 Å². The van der Waals surface area contributed by atoms with Crippen LogP contribution in [0.2, 0.25) is 0 Å². The third kappa shape index (κ3) is 9.92. The Morgan fingerprint density at radius 3 is 1.93 bits per heavy atom. The number of nitrogens with zero attached hydrogens (tertiary/aromatic N) is 1. The number of hydrogen-bond acceptors (Lipinski definition) is 4. The lowest BCUT2D eigenvalue weighted by Crippen LogP contribution is -2.36. The van der Waals surface area contributed by atoms with Crippen LogP contribution in [0.3, 0.4) is 0 Å². The number of hydrogen-bond donors (Lipinski definition) is 2. The lowest BCUT2D eigenvalue weighted by molar-refractivity contribution is -0.174. The van der Waals surface area contributed by atoms with E-state index < -0.39 is 12.8 Å². The average Bonchev–Trinajstić information content (AvgIpc) is 2.11. The fourth-order valence-electron chi connectivity index (χ4n) is 1.08. The van der Waals surface area contributed by atoms with Crippen molar-refractivity contribution in [3.8, 4) is 0 Å². The Balaban J connectivity index is 3.52. The molecule has 0 saturated heterocycles. The van der Waals surface area contributed by atoms with Crippen LogP contribution in [0, 0.1) is 0 Å². The zero-order valence-corrected chi connectivity index (χ0v) is 8.59. The molecule has 0 aliphatic carbocycles. The molecule has 0 fully saturated rings. The highest BCUT2D eigenvalue weighted by Crippen LogP contribution is 2.14. The summed E-state index contributed by atoms with van der Waals surface area (Å²) in [6, 6.07) is 0. The molecule has 0 aromatic carbocycles. The molecule has 0 saturated carbocycles. The van der Waals surface area contributed by atoms with Gasteiger partial charge in [-0.1, -0.05) is 0 Å². The van der Waals surface area contributed by atoms with Gasteiger partial charge in [-0.3, -0.25) is 4.90 Å². The van der Waals surface area contributed by atoms with Crippen LogP contribution in [-0.4, -0.2) is 57.0 Å². The van der Waals surface area contributed by atoms with Crippen LogP contribution in [0.15, 0.2) is 0 Å². The summed E-state index contributed by atoms with van der Waals surface area (Å²) < 4.78 is 39.6. The SMILES string of the molecule is NCCN(CCN)CCOCC(F)(F)F. The van der Waals surface area contributed by atoms with Crippen molar-refractivity contribution in [3.05, 3.63) is 0 Å². The fraction of sp³-hybridized carbons (Fsp3) is 1.00. The topological polar surface area (TPSA) is 64.5 Å². The maximum atomic E-state index is 11.7. The van der Waals surface area contributed by atoms with Crippen LogP contribution in [0.4, 0.5) is 13.2 Å². The molecule has 0 amide bonds. The standard InChI is InChI=1S/C8H18F3N3O/c9-8(10,11)7-15-6-5-14(3-1-12)4-2-13/h1-7,12-13H2. The van der Waals surface area contributed by atoms with E-state index in [4.69, 9.17) is 11.5 Å². The highest BCUT2D eigenvalue weighted by molar-refractivity contribution is 4.58. The zero-order chi connectivity index (χ0) is 11.7. The second-order valence-corrected chi connectivity index (χ2v) is 3.09. The highest BCUT2D eigenvalue weighted by atomic mass is 19.4. The molecule has 0 aliphatic rings. The lowest BCUT2D eigenvalue weighted by atomic mass is 10.4. The van der Waals surface area contributed by atoms with Crippen molar-refractivity contribution in [2.45, 2.75) is 6.18 Å². The van der Waals surface area contributed by atoms with E-state index in [9.17, 15) is 13.2 Å². The summed E-state index contributed by atoms with van der Waals surface area (Å²) in [6.07, 6.45) is -4.26. The molecule has 92 valence electrons. The summed E-state index contributed by atoms with van der Waals surface area (Å²) in [7, 11) is 0. The minimum absolute atomic E-state index is 0.0412. The van der Waals surface area contributed by atoms with Crippen LogP contribution in [-0.2, 0) is 4.74 Å². The molecule has 0 heterocycles. The second-order valence-electron chi connectivity index (χ2n) is 3.09. The summed E-state index contributed by atoms with van der Waals surface area (Å²) in [5.74, 6) is 0. The third-order valence-corrected chi connectivity index (χ3v) is 1.71. The molecule has 0 aromatic heterocycles. The second kappa shape index (κ2) is 7.86. The quantitative estimate of drug-likeness (QED) is 0.565. The highest BCUT2D eigenvalue weighted by Gasteiger charge is 2.27. The van der Waals surface area contributed by atoms with Crippen LogP contribution < -0.4 is 11.5 Å². The van der Waals surface area contributed by atoms with Gasteiger partial charge in [-0.15, -0.1) is 0 Å². The van der Waals surface area contributed by atoms with Crippen molar-refractivity contribution in [2.75, 3.05) is 45.9 Å². The van der Waals surface area contributed by atoms with E-state index in [2.05, 4.69) is 4.74 Å². The van der Waals surface area contributed by atoms with E-state index in [1.807, 2.05) is 4.90 Å². The maximum Gasteiger partial charge on any atom is 0.411 e. The van der Waals surface area contributed by atoms with Crippen molar-refractivity contribution in [2.24, 2.45) is 11.5 Å². The Hall–Kier alpha value is -0.370. The minimum atomic E-state index is -4.26. The normalized spacial score (nSPS) is 12.4. The first-order chi connectivity index (χ1) is 6.99. The average molecular weight is 229 g/mol. The molecular weight excluding hydrogens is 211 g/mol. The number of nitrogens with two attached hydrogens (primary N) is 2. The predicted molar refractivity (Wildman–Crippen MR) is 51.4 cm³/mol. The monoisotopic (exact) mass is 229 g/mol. The zero-order valence-electron chi connectivity index (χ0n) is 8.59. The van der Waals surface area contributed by atoms with Gasteiger partial charge in [0.25, 0.3) is 0 Å². The van der Waals surface area contributed by atoms with Crippen LogP contribution in [0.25, 0.3) is 0 Å². The molecule has 0 atom stereocenters. The number of rotatable bonds is 8. The molecular formula is C8H18F3N3O. The fourth-order valence-corrected chi connectivity index (χ4v) is 1.08. The first-order valence-corrected chi connectivity index (χ1v) is 4.76. The number of halogens is 3. The first kappa shape index (κ1) is 14.6. The Kier molecular flexibility index (Phi) is 7.67. The molecule has 0 bridgehead atoms. The van der Waals surface area contributed by atoms with Gasteiger partial charge in [0, 0.05) is 32.7 Å². The molecule has 4 nitrogen and oxygen atoms in total.